The molecule has 0 radical (unpaired) electrons. The van der Waals surface area contributed by atoms with E-state index < -0.39 is 0 Å². The fourth-order valence-electron chi connectivity index (χ4n) is 1.99. The number of carbonyl (C=O) groups is 1. The maximum Gasteiger partial charge on any atom is 0.335 e. The summed E-state index contributed by atoms with van der Waals surface area (Å²) in [6.07, 6.45) is 0. The van der Waals surface area contributed by atoms with Crippen molar-refractivity contribution in [3.63, 3.8) is 0 Å². The molecule has 2 rings (SSSR count). The van der Waals surface area contributed by atoms with Crippen LogP contribution < -0.4 is 5.32 Å². The van der Waals surface area contributed by atoms with Gasteiger partial charge in [0.25, 0.3) is 0 Å². The van der Waals surface area contributed by atoms with Crippen LogP contribution in [0.15, 0.2) is 66.2 Å². The van der Waals surface area contributed by atoms with Gasteiger partial charge in [0.05, 0.1) is 17.9 Å². The Morgan fingerprint density at radius 3 is 2.14 bits per heavy atom. The molecule has 0 spiro atoms. The number of carbonyl (C=O) groups excluding carboxylic acids is 1. The van der Waals surface area contributed by atoms with Gasteiger partial charge in [-0.1, -0.05) is 48.5 Å². The molecule has 1 N–H and O–H groups in total. The molecule has 108 valence electrons. The lowest BCUT2D eigenvalue weighted by Crippen LogP contribution is -2.11. The number of anilines is 1. The molecule has 0 aromatic heterocycles. The fraction of sp³-hybridized carbons (Fsp3) is 0.167. The van der Waals surface area contributed by atoms with Crippen LogP contribution in [0.4, 0.5) is 5.69 Å². The molecule has 0 unspecified atom stereocenters. The zero-order chi connectivity index (χ0) is 15.1. The molecular weight excluding hydrogens is 262 g/mol. The molecule has 0 aliphatic rings. The van der Waals surface area contributed by atoms with Crippen LogP contribution in [0.25, 0.3) is 5.70 Å². The summed E-state index contributed by atoms with van der Waals surface area (Å²) in [7, 11) is 0. The average molecular weight is 281 g/mol. The van der Waals surface area contributed by atoms with E-state index >= 15 is 0 Å². The van der Waals surface area contributed by atoms with Crippen molar-refractivity contribution in [1.29, 1.82) is 0 Å². The molecule has 0 aliphatic heterocycles. The molecule has 3 nitrogen and oxygen atoms in total. The smallest absolute Gasteiger partial charge is 0.335 e. The average Bonchev–Trinajstić information content (AvgIpc) is 2.54. The summed E-state index contributed by atoms with van der Waals surface area (Å²) in [6.45, 7) is 3.94. The normalized spacial score (nSPS) is 11.5. The highest BCUT2D eigenvalue weighted by Gasteiger charge is 2.13. The highest BCUT2D eigenvalue weighted by atomic mass is 16.5. The van der Waals surface area contributed by atoms with Crippen LogP contribution in [-0.4, -0.2) is 12.6 Å². The second-order valence-electron chi connectivity index (χ2n) is 4.58. The SMILES string of the molecule is CCOC(=O)/C(C)=C(/Nc1ccccc1)c1ccccc1. The molecule has 0 heterocycles. The van der Waals surface area contributed by atoms with Gasteiger partial charge >= 0.3 is 5.97 Å². The van der Waals surface area contributed by atoms with Crippen molar-refractivity contribution in [2.24, 2.45) is 0 Å². The standard InChI is InChI=1S/C18H19NO2/c1-3-21-18(20)14(2)17(15-10-6-4-7-11-15)19-16-12-8-5-9-13-16/h4-13,19H,3H2,1-2H3/b17-14+. The second kappa shape index (κ2) is 7.29. The summed E-state index contributed by atoms with van der Waals surface area (Å²) in [5, 5.41) is 3.31. The third-order valence-electron chi connectivity index (χ3n) is 3.06. The summed E-state index contributed by atoms with van der Waals surface area (Å²) in [6, 6.07) is 19.5. The monoisotopic (exact) mass is 281 g/mol. The highest BCUT2D eigenvalue weighted by Crippen LogP contribution is 2.22. The molecule has 0 aliphatic carbocycles. The van der Waals surface area contributed by atoms with Crippen LogP contribution >= 0.6 is 0 Å². The predicted molar refractivity (Wildman–Crippen MR) is 85.7 cm³/mol. The van der Waals surface area contributed by atoms with Gasteiger partial charge in [-0.25, -0.2) is 4.79 Å². The first kappa shape index (κ1) is 14.9. The van der Waals surface area contributed by atoms with E-state index in [9.17, 15) is 4.79 Å². The summed E-state index contributed by atoms with van der Waals surface area (Å²) >= 11 is 0. The zero-order valence-corrected chi connectivity index (χ0v) is 12.3. The van der Waals surface area contributed by atoms with Crippen LogP contribution in [0.2, 0.25) is 0 Å². The molecule has 0 fully saturated rings. The first-order valence-corrected chi connectivity index (χ1v) is 6.98. The highest BCUT2D eigenvalue weighted by molar-refractivity contribution is 5.99. The Morgan fingerprint density at radius 2 is 1.57 bits per heavy atom. The molecule has 0 saturated heterocycles. The van der Waals surface area contributed by atoms with E-state index in [2.05, 4.69) is 5.32 Å². The van der Waals surface area contributed by atoms with E-state index in [1.807, 2.05) is 60.7 Å². The molecule has 0 amide bonds. The Labute approximate surface area is 125 Å². The van der Waals surface area contributed by atoms with E-state index in [1.165, 1.54) is 0 Å². The Kier molecular flexibility index (Phi) is 5.16. The number of hydrogen-bond acceptors (Lipinski definition) is 3. The van der Waals surface area contributed by atoms with Gasteiger partial charge in [0, 0.05) is 5.69 Å². The Bertz CT molecular complexity index is 618. The lowest BCUT2D eigenvalue weighted by molar-refractivity contribution is -0.138. The summed E-state index contributed by atoms with van der Waals surface area (Å²) in [5.41, 5.74) is 3.21. The number of benzene rings is 2. The third kappa shape index (κ3) is 3.96. The summed E-state index contributed by atoms with van der Waals surface area (Å²) in [4.78, 5) is 12.0. The topological polar surface area (TPSA) is 38.3 Å². The number of ether oxygens (including phenoxy) is 1. The van der Waals surface area contributed by atoms with E-state index in [0.29, 0.717) is 12.2 Å². The van der Waals surface area contributed by atoms with Crippen molar-refractivity contribution in [2.45, 2.75) is 13.8 Å². The number of esters is 1. The van der Waals surface area contributed by atoms with Crippen molar-refractivity contribution in [1.82, 2.24) is 0 Å². The molecule has 0 bridgehead atoms. The number of nitrogens with one attached hydrogen (secondary N) is 1. The van der Waals surface area contributed by atoms with Crippen LogP contribution in [0, 0.1) is 0 Å². The number of para-hydroxylation sites is 1. The molecule has 2 aromatic rings. The van der Waals surface area contributed by atoms with Crippen molar-refractivity contribution in [3.8, 4) is 0 Å². The minimum atomic E-state index is -0.306. The van der Waals surface area contributed by atoms with Gasteiger partial charge in [-0.15, -0.1) is 0 Å². The van der Waals surface area contributed by atoms with Crippen LogP contribution in [0.3, 0.4) is 0 Å². The Morgan fingerprint density at radius 1 is 1.00 bits per heavy atom. The predicted octanol–water partition coefficient (Wildman–Crippen LogP) is 4.09. The van der Waals surface area contributed by atoms with E-state index in [-0.39, 0.29) is 5.97 Å². The van der Waals surface area contributed by atoms with Gasteiger partial charge in [-0.3, -0.25) is 0 Å². The maximum absolute atomic E-state index is 12.0. The van der Waals surface area contributed by atoms with Gasteiger partial charge < -0.3 is 10.1 Å². The van der Waals surface area contributed by atoms with Crippen molar-refractivity contribution in [2.75, 3.05) is 11.9 Å². The molecular formula is C18H19NO2. The van der Waals surface area contributed by atoms with Crippen LogP contribution in [0.1, 0.15) is 19.4 Å². The summed E-state index contributed by atoms with van der Waals surface area (Å²) < 4.78 is 5.11. The minimum Gasteiger partial charge on any atom is -0.463 e. The first-order valence-electron chi connectivity index (χ1n) is 6.98. The van der Waals surface area contributed by atoms with Gasteiger partial charge in [0.2, 0.25) is 0 Å². The molecule has 3 heteroatoms. The Balaban J connectivity index is 2.40. The van der Waals surface area contributed by atoms with E-state index in [0.717, 1.165) is 16.9 Å². The lowest BCUT2D eigenvalue weighted by Gasteiger charge is -2.15. The van der Waals surface area contributed by atoms with Gasteiger partial charge in [-0.2, -0.15) is 0 Å². The first-order chi connectivity index (χ1) is 10.2. The second-order valence-corrected chi connectivity index (χ2v) is 4.58. The number of rotatable bonds is 5. The molecule has 2 aromatic carbocycles. The minimum absolute atomic E-state index is 0.306. The number of hydrogen-bond donors (Lipinski definition) is 1. The third-order valence-corrected chi connectivity index (χ3v) is 3.06. The van der Waals surface area contributed by atoms with Gasteiger partial charge in [0.1, 0.15) is 0 Å². The van der Waals surface area contributed by atoms with Crippen molar-refractivity contribution in [3.05, 3.63) is 71.8 Å². The van der Waals surface area contributed by atoms with Crippen molar-refractivity contribution >= 4 is 17.4 Å². The quantitative estimate of drug-likeness (QED) is 0.662. The van der Waals surface area contributed by atoms with Gasteiger partial charge in [-0.05, 0) is 31.5 Å². The Hall–Kier alpha value is -2.55. The van der Waals surface area contributed by atoms with Crippen LogP contribution in [0.5, 0.6) is 0 Å². The maximum atomic E-state index is 12.0. The van der Waals surface area contributed by atoms with E-state index in [4.69, 9.17) is 4.74 Å². The van der Waals surface area contributed by atoms with E-state index in [1.54, 1.807) is 13.8 Å². The molecule has 0 atom stereocenters. The summed E-state index contributed by atoms with van der Waals surface area (Å²) in [5.74, 6) is -0.306. The molecule has 0 saturated carbocycles. The lowest BCUT2D eigenvalue weighted by atomic mass is 10.1. The fourth-order valence-corrected chi connectivity index (χ4v) is 1.99. The van der Waals surface area contributed by atoms with Crippen molar-refractivity contribution < 1.29 is 9.53 Å². The van der Waals surface area contributed by atoms with Gasteiger partial charge in [0.15, 0.2) is 0 Å². The zero-order valence-electron chi connectivity index (χ0n) is 12.3. The van der Waals surface area contributed by atoms with Crippen LogP contribution in [-0.2, 0) is 9.53 Å². The molecule has 21 heavy (non-hydrogen) atoms. The largest absolute Gasteiger partial charge is 0.463 e.